The average Bonchev–Trinajstić information content (AvgIpc) is 2.65. The minimum Gasteiger partial charge on any atom is -0.369 e. The van der Waals surface area contributed by atoms with Crippen LogP contribution in [0, 0.1) is 13.8 Å². The zero-order valence-electron chi connectivity index (χ0n) is 16.6. The molecule has 0 bridgehead atoms. The van der Waals surface area contributed by atoms with Gasteiger partial charge >= 0.3 is 0 Å². The van der Waals surface area contributed by atoms with E-state index in [1.165, 1.54) is 17.3 Å². The largest absolute Gasteiger partial charge is 0.369 e. The lowest BCUT2D eigenvalue weighted by Gasteiger charge is -2.35. The summed E-state index contributed by atoms with van der Waals surface area (Å²) in [6.45, 7) is 5.95. The Labute approximate surface area is 169 Å². The number of carbonyl (C=O) groups is 2. The first-order valence-electron chi connectivity index (χ1n) is 9.52. The molecule has 0 spiro atoms. The smallest absolute Gasteiger partial charge is 0.227 e. The molecule has 2 N–H and O–H groups in total. The lowest BCUT2D eigenvalue weighted by atomic mass is 9.95. The van der Waals surface area contributed by atoms with Crippen molar-refractivity contribution in [2.24, 2.45) is 5.73 Å². The van der Waals surface area contributed by atoms with Gasteiger partial charge in [-0.2, -0.15) is 0 Å². The van der Waals surface area contributed by atoms with E-state index in [1.807, 2.05) is 36.9 Å². The molecule has 1 aliphatic heterocycles. The van der Waals surface area contributed by atoms with Crippen LogP contribution in [0.3, 0.4) is 0 Å². The van der Waals surface area contributed by atoms with E-state index < -0.39 is 5.91 Å². The van der Waals surface area contributed by atoms with Crippen molar-refractivity contribution in [1.82, 2.24) is 9.97 Å². The molecule has 1 aromatic carbocycles. The number of aryl methyl sites for hydroxylation is 3. The molecule has 0 fully saturated rings. The number of rotatable bonds is 6. The second-order valence-corrected chi connectivity index (χ2v) is 8.13. The highest BCUT2D eigenvalue weighted by Crippen LogP contribution is 2.31. The lowest BCUT2D eigenvalue weighted by molar-refractivity contribution is -0.119. The van der Waals surface area contributed by atoms with Crippen molar-refractivity contribution in [3.05, 3.63) is 46.8 Å². The summed E-state index contributed by atoms with van der Waals surface area (Å²) in [5.41, 5.74) is 10.1. The first-order valence-corrected chi connectivity index (χ1v) is 10.5. The summed E-state index contributed by atoms with van der Waals surface area (Å²) in [6, 6.07) is 8.36. The quantitative estimate of drug-likeness (QED) is 0.597. The Morgan fingerprint density at radius 1 is 1.21 bits per heavy atom. The summed E-state index contributed by atoms with van der Waals surface area (Å²) in [4.78, 5) is 34.9. The highest BCUT2D eigenvalue weighted by molar-refractivity contribution is 7.99. The fourth-order valence-electron chi connectivity index (χ4n) is 3.69. The van der Waals surface area contributed by atoms with Crippen molar-refractivity contribution in [1.29, 1.82) is 0 Å². The van der Waals surface area contributed by atoms with Gasteiger partial charge in [0, 0.05) is 29.5 Å². The minimum absolute atomic E-state index is 0.130. The van der Waals surface area contributed by atoms with Gasteiger partial charge in [-0.3, -0.25) is 9.59 Å². The number of thioether (sulfide) groups is 1. The van der Waals surface area contributed by atoms with Crippen molar-refractivity contribution in [3.63, 3.8) is 0 Å². The molecule has 28 heavy (non-hydrogen) atoms. The van der Waals surface area contributed by atoms with E-state index in [0.29, 0.717) is 18.0 Å². The zero-order valence-corrected chi connectivity index (χ0v) is 17.4. The summed E-state index contributed by atoms with van der Waals surface area (Å²) in [7, 11) is 0. The van der Waals surface area contributed by atoms with Gasteiger partial charge in [0.05, 0.1) is 5.75 Å². The third kappa shape index (κ3) is 4.52. The van der Waals surface area contributed by atoms with Gasteiger partial charge in [-0.15, -0.1) is 0 Å². The molecule has 1 aliphatic rings. The van der Waals surface area contributed by atoms with Crippen molar-refractivity contribution < 1.29 is 9.59 Å². The number of benzene rings is 1. The van der Waals surface area contributed by atoms with Gasteiger partial charge in [-0.05, 0) is 57.2 Å². The third-order valence-corrected chi connectivity index (χ3v) is 5.99. The molecule has 0 saturated carbocycles. The van der Waals surface area contributed by atoms with E-state index in [0.717, 1.165) is 35.5 Å². The van der Waals surface area contributed by atoms with Gasteiger partial charge in [0.1, 0.15) is 0 Å². The molecule has 2 amide bonds. The second kappa shape index (κ2) is 8.73. The summed E-state index contributed by atoms with van der Waals surface area (Å²) >= 11 is 1.23. The van der Waals surface area contributed by atoms with Crippen LogP contribution >= 0.6 is 11.8 Å². The monoisotopic (exact) mass is 398 g/mol. The Hall–Kier alpha value is -2.41. The van der Waals surface area contributed by atoms with Crippen LogP contribution in [0.4, 0.5) is 5.69 Å². The van der Waals surface area contributed by atoms with Crippen LogP contribution in [-0.4, -0.2) is 33.6 Å². The number of carbonyl (C=O) groups excluding carboxylic acids is 2. The van der Waals surface area contributed by atoms with Gasteiger partial charge in [-0.1, -0.05) is 30.0 Å². The maximum absolute atomic E-state index is 13.0. The number of aromatic nitrogens is 2. The summed E-state index contributed by atoms with van der Waals surface area (Å²) in [6.07, 6.45) is 3.01. The molecular formula is C21H26N4O2S. The number of nitrogens with two attached hydrogens (primary N) is 1. The maximum Gasteiger partial charge on any atom is 0.227 e. The highest BCUT2D eigenvalue weighted by Gasteiger charge is 2.27. The van der Waals surface area contributed by atoms with Crippen molar-refractivity contribution >= 4 is 29.3 Å². The first-order chi connectivity index (χ1) is 13.4. The van der Waals surface area contributed by atoms with Crippen LogP contribution in [0.5, 0.6) is 0 Å². The molecule has 0 unspecified atom stereocenters. The number of hydrogen-bond donors (Lipinski definition) is 1. The van der Waals surface area contributed by atoms with Crippen LogP contribution in [0.1, 0.15) is 42.3 Å². The molecule has 3 rings (SSSR count). The minimum atomic E-state index is -0.394. The van der Waals surface area contributed by atoms with Crippen LogP contribution < -0.4 is 10.6 Å². The molecule has 0 saturated heterocycles. The van der Waals surface area contributed by atoms with Crippen LogP contribution in [-0.2, 0) is 22.4 Å². The van der Waals surface area contributed by atoms with E-state index in [4.69, 9.17) is 5.73 Å². The molecule has 1 aromatic heterocycles. The van der Waals surface area contributed by atoms with E-state index in [9.17, 15) is 9.59 Å². The number of hydrogen-bond acceptors (Lipinski definition) is 5. The van der Waals surface area contributed by atoms with Crippen molar-refractivity contribution in [3.8, 4) is 0 Å². The first kappa shape index (κ1) is 20.3. The van der Waals surface area contributed by atoms with E-state index in [2.05, 4.69) is 23.0 Å². The Bertz CT molecular complexity index is 877. The fourth-order valence-corrected chi connectivity index (χ4v) is 4.37. The van der Waals surface area contributed by atoms with Gasteiger partial charge in [0.25, 0.3) is 0 Å². The predicted molar refractivity (Wildman–Crippen MR) is 111 cm³/mol. The molecule has 6 nitrogen and oxygen atoms in total. The van der Waals surface area contributed by atoms with Gasteiger partial charge in [-0.25, -0.2) is 9.97 Å². The molecule has 0 aliphatic carbocycles. The van der Waals surface area contributed by atoms with Crippen molar-refractivity contribution in [2.45, 2.75) is 57.7 Å². The van der Waals surface area contributed by atoms with Gasteiger partial charge < -0.3 is 10.6 Å². The molecule has 0 radical (unpaired) electrons. The predicted octanol–water partition coefficient (Wildman–Crippen LogP) is 2.97. The third-order valence-electron chi connectivity index (χ3n) is 5.12. The SMILES string of the molecule is Cc1nc(SCC(N)=O)nc(C)c1CCC(=O)N1c2ccccc2CC[C@H]1C. The number of para-hydroxylation sites is 1. The highest BCUT2D eigenvalue weighted by atomic mass is 32.2. The lowest BCUT2D eigenvalue weighted by Crippen LogP contribution is -2.42. The summed E-state index contributed by atoms with van der Waals surface area (Å²) < 4.78 is 0. The standard InChI is InChI=1S/C21H26N4O2S/c1-13-8-9-16-6-4-5-7-18(16)25(13)20(27)11-10-17-14(2)23-21(24-15(17)3)28-12-19(22)26/h4-7,13H,8-12H2,1-3H3,(H2,22,26)/t13-/m1/s1. The number of amides is 2. The van der Waals surface area contributed by atoms with E-state index >= 15 is 0 Å². The summed E-state index contributed by atoms with van der Waals surface area (Å²) in [5, 5.41) is 0.544. The number of primary amides is 1. The van der Waals surface area contributed by atoms with Crippen LogP contribution in [0.2, 0.25) is 0 Å². The molecule has 7 heteroatoms. The van der Waals surface area contributed by atoms with Gasteiger partial charge in [0.2, 0.25) is 11.8 Å². The Morgan fingerprint density at radius 2 is 1.89 bits per heavy atom. The molecule has 2 heterocycles. The van der Waals surface area contributed by atoms with Crippen molar-refractivity contribution in [2.75, 3.05) is 10.7 Å². The normalized spacial score (nSPS) is 16.0. The van der Waals surface area contributed by atoms with E-state index in [1.54, 1.807) is 0 Å². The van der Waals surface area contributed by atoms with Crippen LogP contribution in [0.25, 0.3) is 0 Å². The van der Waals surface area contributed by atoms with Crippen LogP contribution in [0.15, 0.2) is 29.4 Å². The Balaban J connectivity index is 1.72. The second-order valence-electron chi connectivity index (χ2n) is 7.19. The topological polar surface area (TPSA) is 89.2 Å². The summed E-state index contributed by atoms with van der Waals surface area (Å²) in [5.74, 6) is -0.108. The fraction of sp³-hybridized carbons (Fsp3) is 0.429. The van der Waals surface area contributed by atoms with E-state index in [-0.39, 0.29) is 17.7 Å². The maximum atomic E-state index is 13.0. The molecule has 148 valence electrons. The Kier molecular flexibility index (Phi) is 6.34. The Morgan fingerprint density at radius 3 is 2.57 bits per heavy atom. The average molecular weight is 399 g/mol. The molecule has 2 aromatic rings. The number of anilines is 1. The van der Waals surface area contributed by atoms with Gasteiger partial charge in [0.15, 0.2) is 5.16 Å². The molecule has 1 atom stereocenters. The number of nitrogens with zero attached hydrogens (tertiary/aromatic N) is 3. The molecular weight excluding hydrogens is 372 g/mol. The number of fused-ring (bicyclic) bond motifs is 1. The zero-order chi connectivity index (χ0) is 20.3.